The van der Waals surface area contributed by atoms with Crippen LogP contribution < -0.4 is 0 Å². The van der Waals surface area contributed by atoms with Crippen LogP contribution in [-0.4, -0.2) is 20.9 Å². The molecule has 0 aliphatic carbocycles. The summed E-state index contributed by atoms with van der Waals surface area (Å²) in [6.07, 6.45) is -2.05. The van der Waals surface area contributed by atoms with Gasteiger partial charge in [0.1, 0.15) is 0 Å². The van der Waals surface area contributed by atoms with Gasteiger partial charge in [0.15, 0.2) is 17.9 Å². The molecular formula is C11H7F3N2O2. The van der Waals surface area contributed by atoms with E-state index >= 15 is 0 Å². The molecule has 4 nitrogen and oxygen atoms in total. The average molecular weight is 256 g/mol. The van der Waals surface area contributed by atoms with E-state index in [2.05, 4.69) is 4.98 Å². The number of nitrogens with zero attached hydrogens (tertiary/aromatic N) is 2. The number of halogens is 3. The molecule has 0 saturated heterocycles. The molecular weight excluding hydrogens is 249 g/mol. The third-order valence-electron chi connectivity index (χ3n) is 2.30. The molecule has 0 aliphatic heterocycles. The highest BCUT2D eigenvalue weighted by atomic mass is 19.4. The smallest absolute Gasteiger partial charge is 0.418 e. The number of carbonyl (C=O) groups excluding carboxylic acids is 1. The molecule has 7 heteroatoms. The molecule has 0 saturated carbocycles. The van der Waals surface area contributed by atoms with Gasteiger partial charge in [0.05, 0.1) is 11.3 Å². The maximum absolute atomic E-state index is 12.4. The normalized spacial score (nSPS) is 11.5. The van der Waals surface area contributed by atoms with Crippen LogP contribution in [0.1, 0.15) is 16.1 Å². The van der Waals surface area contributed by atoms with Crippen molar-refractivity contribution in [2.45, 2.75) is 6.18 Å². The van der Waals surface area contributed by atoms with Gasteiger partial charge in [0.25, 0.3) is 0 Å². The van der Waals surface area contributed by atoms with E-state index in [1.807, 2.05) is 0 Å². The van der Waals surface area contributed by atoms with Gasteiger partial charge < -0.3 is 5.11 Å². The van der Waals surface area contributed by atoms with E-state index in [0.717, 1.165) is 0 Å². The Labute approximate surface area is 99.3 Å². The second-order valence-corrected chi connectivity index (χ2v) is 3.49. The Morgan fingerprint density at radius 3 is 2.67 bits per heavy atom. The van der Waals surface area contributed by atoms with E-state index in [0.29, 0.717) is 18.5 Å². The first-order valence-electron chi connectivity index (χ1n) is 4.82. The summed E-state index contributed by atoms with van der Waals surface area (Å²) in [5.41, 5.74) is -0.874. The van der Waals surface area contributed by atoms with Crippen molar-refractivity contribution in [3.05, 3.63) is 41.9 Å². The number of carbonyl (C=O) groups is 1. The quantitative estimate of drug-likeness (QED) is 0.839. The lowest BCUT2D eigenvalue weighted by molar-refractivity contribution is -0.137. The van der Waals surface area contributed by atoms with Crippen LogP contribution in [-0.2, 0) is 6.18 Å². The van der Waals surface area contributed by atoms with E-state index in [9.17, 15) is 23.1 Å². The summed E-state index contributed by atoms with van der Waals surface area (Å²) >= 11 is 0. The second kappa shape index (κ2) is 4.17. The Bertz CT molecular complexity index is 590. The fourth-order valence-electron chi connectivity index (χ4n) is 1.47. The molecule has 0 amide bonds. The largest absolute Gasteiger partial charge is 0.504 e. The number of rotatable bonds is 2. The second-order valence-electron chi connectivity index (χ2n) is 3.49. The first-order valence-corrected chi connectivity index (χ1v) is 4.82. The number of hydrogen-bond acceptors (Lipinski definition) is 3. The molecule has 94 valence electrons. The molecule has 2 heterocycles. The van der Waals surface area contributed by atoms with E-state index in [1.54, 1.807) is 0 Å². The molecule has 2 rings (SSSR count). The van der Waals surface area contributed by atoms with E-state index in [1.165, 1.54) is 22.9 Å². The number of aldehydes is 1. The van der Waals surface area contributed by atoms with Gasteiger partial charge in [0.2, 0.25) is 0 Å². The first kappa shape index (κ1) is 12.2. The van der Waals surface area contributed by atoms with Crippen molar-refractivity contribution >= 4 is 6.29 Å². The maximum atomic E-state index is 12.4. The zero-order chi connectivity index (χ0) is 13.3. The van der Waals surface area contributed by atoms with Gasteiger partial charge in [-0.1, -0.05) is 0 Å². The van der Waals surface area contributed by atoms with Crippen LogP contribution in [0.3, 0.4) is 0 Å². The van der Waals surface area contributed by atoms with Gasteiger partial charge in [-0.05, 0) is 18.2 Å². The molecule has 2 aromatic rings. The third kappa shape index (κ3) is 2.06. The van der Waals surface area contributed by atoms with Gasteiger partial charge in [0, 0.05) is 12.4 Å². The third-order valence-corrected chi connectivity index (χ3v) is 2.30. The van der Waals surface area contributed by atoms with Crippen LogP contribution in [0, 0.1) is 0 Å². The fraction of sp³-hybridized carbons (Fsp3) is 0.0909. The van der Waals surface area contributed by atoms with E-state index in [-0.39, 0.29) is 11.5 Å². The molecule has 0 atom stereocenters. The van der Waals surface area contributed by atoms with E-state index < -0.39 is 17.5 Å². The number of alkyl halides is 3. The molecule has 0 bridgehead atoms. The monoisotopic (exact) mass is 256 g/mol. The molecule has 0 aromatic carbocycles. The highest BCUT2D eigenvalue weighted by molar-refractivity contribution is 5.74. The standard InChI is InChI=1S/C11H7F3N2O2/c12-11(13,14)7-4-9(18)10(15-5-7)16-3-1-2-8(16)6-17/h1-6,18H. The maximum Gasteiger partial charge on any atom is 0.418 e. The highest BCUT2D eigenvalue weighted by Gasteiger charge is 2.32. The lowest BCUT2D eigenvalue weighted by Gasteiger charge is -2.10. The first-order chi connectivity index (χ1) is 8.43. The topological polar surface area (TPSA) is 55.1 Å². The summed E-state index contributed by atoms with van der Waals surface area (Å²) in [7, 11) is 0. The molecule has 0 spiro atoms. The van der Waals surface area contributed by atoms with Crippen molar-refractivity contribution in [3.8, 4) is 11.6 Å². The van der Waals surface area contributed by atoms with Crippen molar-refractivity contribution < 1.29 is 23.1 Å². The zero-order valence-corrected chi connectivity index (χ0v) is 8.85. The number of aromatic hydroxyl groups is 1. The van der Waals surface area contributed by atoms with Crippen LogP contribution in [0.5, 0.6) is 5.75 Å². The number of hydrogen-bond donors (Lipinski definition) is 1. The van der Waals surface area contributed by atoms with Crippen LogP contribution in [0.4, 0.5) is 13.2 Å². The van der Waals surface area contributed by atoms with Crippen molar-refractivity contribution in [1.29, 1.82) is 0 Å². The number of pyridine rings is 1. The predicted octanol–water partition coefficient (Wildman–Crippen LogP) is 2.41. The lowest BCUT2D eigenvalue weighted by atomic mass is 10.2. The predicted molar refractivity (Wildman–Crippen MR) is 55.6 cm³/mol. The lowest BCUT2D eigenvalue weighted by Crippen LogP contribution is -2.07. The summed E-state index contributed by atoms with van der Waals surface area (Å²) in [6.45, 7) is 0. The van der Waals surface area contributed by atoms with Crippen molar-refractivity contribution in [3.63, 3.8) is 0 Å². The summed E-state index contributed by atoms with van der Waals surface area (Å²) in [5.74, 6) is -0.778. The molecule has 0 fully saturated rings. The minimum absolute atomic E-state index is 0.130. The summed E-state index contributed by atoms with van der Waals surface area (Å²) in [5, 5.41) is 9.55. The van der Waals surface area contributed by atoms with Gasteiger partial charge in [-0.2, -0.15) is 13.2 Å². The summed E-state index contributed by atoms with van der Waals surface area (Å²) < 4.78 is 38.3. The van der Waals surface area contributed by atoms with Crippen LogP contribution in [0.25, 0.3) is 5.82 Å². The summed E-state index contributed by atoms with van der Waals surface area (Å²) in [4.78, 5) is 14.2. The zero-order valence-electron chi connectivity index (χ0n) is 8.85. The summed E-state index contributed by atoms with van der Waals surface area (Å²) in [6, 6.07) is 3.53. The molecule has 1 N–H and O–H groups in total. The molecule has 18 heavy (non-hydrogen) atoms. The number of aromatic nitrogens is 2. The van der Waals surface area contributed by atoms with Crippen molar-refractivity contribution in [2.75, 3.05) is 0 Å². The van der Waals surface area contributed by atoms with Crippen LogP contribution in [0.15, 0.2) is 30.6 Å². The molecule has 0 aliphatic rings. The molecule has 2 aromatic heterocycles. The Morgan fingerprint density at radius 1 is 1.39 bits per heavy atom. The Kier molecular flexibility index (Phi) is 2.82. The highest BCUT2D eigenvalue weighted by Crippen LogP contribution is 2.32. The average Bonchev–Trinajstić information content (AvgIpc) is 2.75. The minimum Gasteiger partial charge on any atom is -0.504 e. The molecule has 0 radical (unpaired) electrons. The van der Waals surface area contributed by atoms with Gasteiger partial charge in [-0.15, -0.1) is 0 Å². The SMILES string of the molecule is O=Cc1cccn1-c1ncc(C(F)(F)F)cc1O. The van der Waals surface area contributed by atoms with Crippen LogP contribution >= 0.6 is 0 Å². The Hall–Kier alpha value is -2.31. The fourth-order valence-corrected chi connectivity index (χ4v) is 1.47. The minimum atomic E-state index is -4.58. The van der Waals surface area contributed by atoms with Crippen molar-refractivity contribution in [2.24, 2.45) is 0 Å². The van der Waals surface area contributed by atoms with Crippen molar-refractivity contribution in [1.82, 2.24) is 9.55 Å². The van der Waals surface area contributed by atoms with Gasteiger partial charge in [-0.25, -0.2) is 4.98 Å². The van der Waals surface area contributed by atoms with Gasteiger partial charge >= 0.3 is 6.18 Å². The Balaban J connectivity index is 2.52. The van der Waals surface area contributed by atoms with Crippen LogP contribution in [0.2, 0.25) is 0 Å². The van der Waals surface area contributed by atoms with Gasteiger partial charge in [-0.3, -0.25) is 9.36 Å². The Morgan fingerprint density at radius 2 is 2.11 bits per heavy atom. The van der Waals surface area contributed by atoms with E-state index in [4.69, 9.17) is 0 Å². The molecule has 0 unspecified atom stereocenters.